The molecule has 3 saturated carbocycles. The van der Waals surface area contributed by atoms with E-state index >= 15 is 0 Å². The summed E-state index contributed by atoms with van der Waals surface area (Å²) < 4.78 is 5.37. The first-order chi connectivity index (χ1) is 15.8. The van der Waals surface area contributed by atoms with E-state index in [1.807, 2.05) is 38.1 Å². The van der Waals surface area contributed by atoms with Crippen molar-refractivity contribution in [3.63, 3.8) is 0 Å². The van der Waals surface area contributed by atoms with Crippen LogP contribution in [0.5, 0.6) is 0 Å². The molecule has 3 aliphatic carbocycles. The average Bonchev–Trinajstić information content (AvgIpc) is 3.04. The third kappa shape index (κ3) is 3.70. The van der Waals surface area contributed by atoms with E-state index in [1.165, 1.54) is 0 Å². The Kier molecular flexibility index (Phi) is 6.03. The van der Waals surface area contributed by atoms with E-state index in [9.17, 15) is 14.4 Å². The maximum atomic E-state index is 13.4. The molecule has 0 aliphatic heterocycles. The molecule has 1 aromatic rings. The van der Waals surface area contributed by atoms with Gasteiger partial charge in [-0.25, -0.2) is 4.79 Å². The van der Waals surface area contributed by atoms with Crippen LogP contribution in [0.15, 0.2) is 50.7 Å². The van der Waals surface area contributed by atoms with Crippen LogP contribution >= 0.6 is 0 Å². The zero-order chi connectivity index (χ0) is 25.1. The van der Waals surface area contributed by atoms with E-state index < -0.39 is 0 Å². The molecule has 3 fully saturated rings. The molecule has 4 heteroatoms. The molecule has 0 unspecified atom stereocenters. The third-order valence-corrected chi connectivity index (χ3v) is 9.52. The van der Waals surface area contributed by atoms with E-state index in [-0.39, 0.29) is 33.6 Å². The number of rotatable bonds is 3. The lowest BCUT2D eigenvalue weighted by molar-refractivity contribution is -0.154. The molecule has 1 heterocycles. The van der Waals surface area contributed by atoms with E-state index in [0.717, 1.165) is 36.0 Å². The molecule has 3 aliphatic rings. The standard InChI is InChI=1S/C30H38O4/c1-18(22-12-11-20(3)27(33)34-22)9-8-10-19(2)26-21(31)17-24-29(6)16-14-25(32)28(4,5)23(29)13-15-30(24,26)7/h8-12,23-24H,13-17H2,1-7H3/b10-8-,18-9+,26-19+/t23-,24-,29-,30-/m0/s1. The minimum Gasteiger partial charge on any atom is -0.423 e. The molecule has 4 atom stereocenters. The molecule has 4 nitrogen and oxygen atoms in total. The number of allylic oxidation sites excluding steroid dienone is 6. The fraction of sp³-hybridized carbons (Fsp3) is 0.567. The minimum atomic E-state index is -0.320. The fourth-order valence-corrected chi connectivity index (χ4v) is 7.58. The fourth-order valence-electron chi connectivity index (χ4n) is 7.58. The van der Waals surface area contributed by atoms with E-state index in [1.54, 1.807) is 13.0 Å². The molecule has 0 amide bonds. The number of carbonyl (C=O) groups excluding carboxylic acids is 2. The summed E-state index contributed by atoms with van der Waals surface area (Å²) in [6.07, 6.45) is 9.90. The van der Waals surface area contributed by atoms with Crippen LogP contribution < -0.4 is 5.63 Å². The van der Waals surface area contributed by atoms with Crippen molar-refractivity contribution in [2.75, 3.05) is 0 Å². The second-order valence-corrected chi connectivity index (χ2v) is 11.9. The number of fused-ring (bicyclic) bond motifs is 3. The maximum Gasteiger partial charge on any atom is 0.339 e. The van der Waals surface area contributed by atoms with Crippen molar-refractivity contribution in [3.8, 4) is 0 Å². The van der Waals surface area contributed by atoms with Gasteiger partial charge in [0.1, 0.15) is 11.5 Å². The Balaban J connectivity index is 1.64. The van der Waals surface area contributed by atoms with Gasteiger partial charge in [-0.15, -0.1) is 0 Å². The first kappa shape index (κ1) is 24.6. The van der Waals surface area contributed by atoms with Crippen molar-refractivity contribution in [2.24, 2.45) is 28.1 Å². The Bertz CT molecular complexity index is 1190. The summed E-state index contributed by atoms with van der Waals surface area (Å²) in [7, 11) is 0. The number of ketones is 2. The summed E-state index contributed by atoms with van der Waals surface area (Å²) in [6.45, 7) is 14.5. The summed E-state index contributed by atoms with van der Waals surface area (Å²) >= 11 is 0. The zero-order valence-corrected chi connectivity index (χ0v) is 21.7. The quantitative estimate of drug-likeness (QED) is 0.374. The highest BCUT2D eigenvalue weighted by Crippen LogP contribution is 2.68. The van der Waals surface area contributed by atoms with Crippen LogP contribution in [0.2, 0.25) is 0 Å². The van der Waals surface area contributed by atoms with E-state index in [0.29, 0.717) is 35.9 Å². The van der Waals surface area contributed by atoms with Crippen molar-refractivity contribution < 1.29 is 14.0 Å². The summed E-state index contributed by atoms with van der Waals surface area (Å²) in [5.74, 6) is 1.80. The van der Waals surface area contributed by atoms with Gasteiger partial charge in [0.25, 0.3) is 0 Å². The minimum absolute atomic E-state index is 0.00525. The molecule has 1 aromatic heterocycles. The number of Topliss-reactive ketones (excluding diaryl/α,β-unsaturated/α-hetero) is 2. The Morgan fingerprint density at radius 2 is 1.74 bits per heavy atom. The van der Waals surface area contributed by atoms with Crippen LogP contribution in [0, 0.1) is 35.0 Å². The van der Waals surface area contributed by atoms with Gasteiger partial charge in [0.15, 0.2) is 5.78 Å². The second kappa shape index (κ2) is 8.32. The van der Waals surface area contributed by atoms with Crippen molar-refractivity contribution in [3.05, 3.63) is 63.3 Å². The first-order valence-electron chi connectivity index (χ1n) is 12.6. The Morgan fingerprint density at radius 1 is 1.03 bits per heavy atom. The van der Waals surface area contributed by atoms with Crippen LogP contribution in [0.3, 0.4) is 0 Å². The van der Waals surface area contributed by atoms with Gasteiger partial charge in [-0.2, -0.15) is 0 Å². The lowest BCUT2D eigenvalue weighted by Crippen LogP contribution is -2.56. The Labute approximate surface area is 203 Å². The van der Waals surface area contributed by atoms with Gasteiger partial charge in [-0.05, 0) is 80.6 Å². The van der Waals surface area contributed by atoms with E-state index in [2.05, 4.69) is 27.7 Å². The van der Waals surface area contributed by atoms with Gasteiger partial charge in [0.2, 0.25) is 0 Å². The molecular formula is C30H38O4. The first-order valence-corrected chi connectivity index (χ1v) is 12.6. The van der Waals surface area contributed by atoms with Crippen LogP contribution in [-0.2, 0) is 9.59 Å². The summed E-state index contributed by atoms with van der Waals surface area (Å²) in [5, 5.41) is 0. The van der Waals surface area contributed by atoms with Crippen LogP contribution in [0.1, 0.15) is 85.0 Å². The number of hydrogen-bond acceptors (Lipinski definition) is 4. The molecule has 0 N–H and O–H groups in total. The second-order valence-electron chi connectivity index (χ2n) is 11.9. The van der Waals surface area contributed by atoms with Crippen LogP contribution in [0.25, 0.3) is 5.57 Å². The maximum absolute atomic E-state index is 13.4. The van der Waals surface area contributed by atoms with Gasteiger partial charge in [0.05, 0.1) is 0 Å². The predicted molar refractivity (Wildman–Crippen MR) is 135 cm³/mol. The SMILES string of the molecule is CC(/C=C\C=C(/C)c1ccc(C)c(=O)o1)=C1/C(=O)C[C@H]2[C@@]3(C)CCC(=O)C(C)(C)[C@@H]3CC[C@]12C. The Hall–Kier alpha value is -2.49. The van der Waals surface area contributed by atoms with Gasteiger partial charge < -0.3 is 4.42 Å². The molecule has 0 radical (unpaired) electrons. The molecule has 4 rings (SSSR count). The highest BCUT2D eigenvalue weighted by Gasteiger charge is 2.64. The van der Waals surface area contributed by atoms with Gasteiger partial charge >= 0.3 is 5.63 Å². The highest BCUT2D eigenvalue weighted by molar-refractivity contribution is 6.01. The molecule has 182 valence electrons. The van der Waals surface area contributed by atoms with Crippen LogP contribution in [-0.4, -0.2) is 11.6 Å². The molecule has 0 bridgehead atoms. The number of hydrogen-bond donors (Lipinski definition) is 0. The summed E-state index contributed by atoms with van der Waals surface area (Å²) in [4.78, 5) is 37.9. The van der Waals surface area contributed by atoms with Crippen molar-refractivity contribution in [1.29, 1.82) is 0 Å². The van der Waals surface area contributed by atoms with E-state index in [4.69, 9.17) is 4.42 Å². The Morgan fingerprint density at radius 3 is 2.41 bits per heavy atom. The number of aryl methyl sites for hydroxylation is 1. The smallest absolute Gasteiger partial charge is 0.339 e. The highest BCUT2D eigenvalue weighted by atomic mass is 16.4. The zero-order valence-electron chi connectivity index (χ0n) is 21.7. The van der Waals surface area contributed by atoms with Gasteiger partial charge in [-0.3, -0.25) is 9.59 Å². The molecule has 0 aromatic carbocycles. The lowest BCUT2D eigenvalue weighted by atomic mass is 9.43. The molecule has 0 spiro atoms. The van der Waals surface area contributed by atoms with Gasteiger partial charge in [0, 0.05) is 34.8 Å². The normalized spacial score (nSPS) is 34.9. The summed E-state index contributed by atoms with van der Waals surface area (Å²) in [6, 6.07) is 3.58. The topological polar surface area (TPSA) is 64.3 Å². The lowest BCUT2D eigenvalue weighted by Gasteiger charge is -2.60. The molecule has 34 heavy (non-hydrogen) atoms. The average molecular weight is 463 g/mol. The molecule has 0 saturated heterocycles. The van der Waals surface area contributed by atoms with Crippen LogP contribution in [0.4, 0.5) is 0 Å². The van der Waals surface area contributed by atoms with Crippen molar-refractivity contribution in [1.82, 2.24) is 0 Å². The van der Waals surface area contributed by atoms with Crippen molar-refractivity contribution in [2.45, 2.75) is 80.6 Å². The predicted octanol–water partition coefficient (Wildman–Crippen LogP) is 6.62. The van der Waals surface area contributed by atoms with Gasteiger partial charge in [-0.1, -0.05) is 45.9 Å². The van der Waals surface area contributed by atoms with Crippen molar-refractivity contribution >= 4 is 17.1 Å². The number of carbonyl (C=O) groups is 2. The monoisotopic (exact) mass is 462 g/mol. The summed E-state index contributed by atoms with van der Waals surface area (Å²) in [5.41, 5.74) is 2.64. The largest absolute Gasteiger partial charge is 0.423 e. The molecular weight excluding hydrogens is 424 g/mol. The third-order valence-electron chi connectivity index (χ3n) is 9.52.